The van der Waals surface area contributed by atoms with Crippen molar-refractivity contribution in [1.29, 1.82) is 0 Å². The fraction of sp³-hybridized carbons (Fsp3) is 0.389. The maximum absolute atomic E-state index is 12.1. The zero-order chi connectivity index (χ0) is 17.6. The van der Waals surface area contributed by atoms with Crippen LogP contribution in [0.5, 0.6) is 0 Å². The Morgan fingerprint density at radius 3 is 2.84 bits per heavy atom. The van der Waals surface area contributed by atoms with Gasteiger partial charge in [0.25, 0.3) is 5.56 Å². The Balaban J connectivity index is 1.60. The number of nitrogens with zero attached hydrogens (tertiary/aromatic N) is 3. The number of amides is 1. The lowest BCUT2D eigenvalue weighted by atomic mass is 10.1. The quantitative estimate of drug-likeness (QED) is 0.891. The van der Waals surface area contributed by atoms with E-state index in [1.165, 1.54) is 12.3 Å². The van der Waals surface area contributed by atoms with Crippen LogP contribution >= 0.6 is 0 Å². The predicted molar refractivity (Wildman–Crippen MR) is 95.8 cm³/mol. The number of carbonyl (C=O) groups excluding carboxylic acids is 1. The number of hydrogen-bond acceptors (Lipinski definition) is 5. The molecule has 1 aliphatic rings. The molecule has 7 nitrogen and oxygen atoms in total. The van der Waals surface area contributed by atoms with Crippen molar-refractivity contribution in [2.24, 2.45) is 0 Å². The highest BCUT2D eigenvalue weighted by Crippen LogP contribution is 2.22. The molecular weight excluding hydrogens is 320 g/mol. The van der Waals surface area contributed by atoms with Gasteiger partial charge in [-0.2, -0.15) is 5.10 Å². The van der Waals surface area contributed by atoms with E-state index >= 15 is 0 Å². The first-order chi connectivity index (χ1) is 12.2. The minimum Gasteiger partial charge on any atom is -0.380 e. The van der Waals surface area contributed by atoms with Crippen molar-refractivity contribution in [1.82, 2.24) is 9.78 Å². The molecule has 0 bridgehead atoms. The van der Waals surface area contributed by atoms with Crippen LogP contribution in [0.3, 0.4) is 0 Å². The summed E-state index contributed by atoms with van der Waals surface area (Å²) < 4.78 is 6.58. The first kappa shape index (κ1) is 17.2. The van der Waals surface area contributed by atoms with Gasteiger partial charge in [0.05, 0.1) is 6.10 Å². The largest absolute Gasteiger partial charge is 0.380 e. The number of benzene rings is 1. The number of hydrogen-bond donors (Lipinski definition) is 1. The van der Waals surface area contributed by atoms with E-state index in [1.807, 2.05) is 24.3 Å². The van der Waals surface area contributed by atoms with Crippen molar-refractivity contribution in [3.8, 4) is 0 Å². The summed E-state index contributed by atoms with van der Waals surface area (Å²) in [5.74, 6) is -0.286. The van der Waals surface area contributed by atoms with E-state index in [9.17, 15) is 9.59 Å². The number of rotatable bonds is 5. The second-order valence-corrected chi connectivity index (χ2v) is 6.06. The monoisotopic (exact) mass is 342 g/mol. The smallest absolute Gasteiger partial charge is 0.267 e. The van der Waals surface area contributed by atoms with Crippen LogP contribution in [0.2, 0.25) is 0 Å². The van der Waals surface area contributed by atoms with Crippen molar-refractivity contribution in [3.63, 3.8) is 0 Å². The predicted octanol–water partition coefficient (Wildman–Crippen LogP) is 1.50. The summed E-state index contributed by atoms with van der Waals surface area (Å²) in [7, 11) is 1.75. The van der Waals surface area contributed by atoms with Crippen LogP contribution in [0.1, 0.15) is 12.8 Å². The van der Waals surface area contributed by atoms with E-state index in [0.717, 1.165) is 36.3 Å². The Hall–Kier alpha value is -2.67. The molecule has 0 radical (unpaired) electrons. The molecule has 1 fully saturated rings. The molecule has 1 aliphatic heterocycles. The minimum absolute atomic E-state index is 0.108. The summed E-state index contributed by atoms with van der Waals surface area (Å²) in [6.07, 6.45) is 3.95. The third-order valence-corrected chi connectivity index (χ3v) is 4.31. The molecule has 3 rings (SSSR count). The molecule has 0 unspecified atom stereocenters. The van der Waals surface area contributed by atoms with Gasteiger partial charge in [0.1, 0.15) is 6.54 Å². The Kier molecular flexibility index (Phi) is 5.45. The Bertz CT molecular complexity index is 772. The average molecular weight is 342 g/mol. The van der Waals surface area contributed by atoms with Gasteiger partial charge >= 0.3 is 0 Å². The van der Waals surface area contributed by atoms with Gasteiger partial charge in [-0.3, -0.25) is 9.59 Å². The minimum atomic E-state index is -0.300. The zero-order valence-electron chi connectivity index (χ0n) is 14.2. The maximum atomic E-state index is 12.1. The molecule has 1 atom stereocenters. The van der Waals surface area contributed by atoms with Crippen LogP contribution in [0.15, 0.2) is 47.4 Å². The van der Waals surface area contributed by atoms with Gasteiger partial charge in [-0.1, -0.05) is 0 Å². The summed E-state index contributed by atoms with van der Waals surface area (Å²) in [4.78, 5) is 25.9. The standard InChI is InChI=1S/C18H22N4O3/c1-25-16-4-3-11-21(12-16)15-8-6-14(7-9-15)20-17(23)13-22-18(24)5-2-10-19-22/h2,5-10,16H,3-4,11-13H2,1H3,(H,20,23)/t16-/m1/s1. The number of methoxy groups -OCH3 is 1. The number of anilines is 2. The highest BCUT2D eigenvalue weighted by atomic mass is 16.5. The van der Waals surface area contributed by atoms with E-state index in [2.05, 4.69) is 15.3 Å². The van der Waals surface area contributed by atoms with Crippen molar-refractivity contribution in [3.05, 3.63) is 52.9 Å². The Labute approximate surface area is 146 Å². The lowest BCUT2D eigenvalue weighted by Crippen LogP contribution is -2.39. The molecule has 0 spiro atoms. The van der Waals surface area contributed by atoms with E-state index in [-0.39, 0.29) is 24.1 Å². The molecule has 1 aromatic heterocycles. The molecule has 1 amide bonds. The lowest BCUT2D eigenvalue weighted by molar-refractivity contribution is -0.117. The molecule has 0 aliphatic carbocycles. The number of nitrogens with one attached hydrogen (secondary N) is 1. The molecule has 0 saturated carbocycles. The van der Waals surface area contributed by atoms with E-state index < -0.39 is 0 Å². The summed E-state index contributed by atoms with van der Waals surface area (Å²) in [6.45, 7) is 1.78. The van der Waals surface area contributed by atoms with Gasteiger partial charge < -0.3 is 15.0 Å². The van der Waals surface area contributed by atoms with Crippen molar-refractivity contribution in [2.45, 2.75) is 25.5 Å². The first-order valence-corrected chi connectivity index (χ1v) is 8.35. The molecule has 1 aromatic carbocycles. The SMILES string of the molecule is CO[C@@H]1CCCN(c2ccc(NC(=O)Cn3ncccc3=O)cc2)C1. The molecule has 7 heteroatoms. The molecular formula is C18H22N4O3. The number of aromatic nitrogens is 2. The molecule has 1 N–H and O–H groups in total. The second-order valence-electron chi connectivity index (χ2n) is 6.06. The Morgan fingerprint density at radius 2 is 2.12 bits per heavy atom. The summed E-state index contributed by atoms with van der Waals surface area (Å²) in [6, 6.07) is 10.6. The van der Waals surface area contributed by atoms with E-state index in [1.54, 1.807) is 13.2 Å². The highest BCUT2D eigenvalue weighted by Gasteiger charge is 2.19. The van der Waals surface area contributed by atoms with Crippen LogP contribution in [0.25, 0.3) is 0 Å². The molecule has 2 aromatic rings. The average Bonchev–Trinajstić information content (AvgIpc) is 2.64. The van der Waals surface area contributed by atoms with Crippen LogP contribution in [0.4, 0.5) is 11.4 Å². The zero-order valence-corrected chi connectivity index (χ0v) is 14.2. The third kappa shape index (κ3) is 4.45. The number of ether oxygens (including phenoxy) is 1. The second kappa shape index (κ2) is 7.94. The van der Waals surface area contributed by atoms with Crippen LogP contribution < -0.4 is 15.8 Å². The summed E-state index contributed by atoms with van der Waals surface area (Å²) in [5.41, 5.74) is 1.50. The Morgan fingerprint density at radius 1 is 1.32 bits per heavy atom. The third-order valence-electron chi connectivity index (χ3n) is 4.31. The first-order valence-electron chi connectivity index (χ1n) is 8.35. The van der Waals surface area contributed by atoms with Crippen LogP contribution in [-0.2, 0) is 16.1 Å². The fourth-order valence-corrected chi connectivity index (χ4v) is 2.96. The lowest BCUT2D eigenvalue weighted by Gasteiger charge is -2.33. The van der Waals surface area contributed by atoms with E-state index in [4.69, 9.17) is 4.74 Å². The van der Waals surface area contributed by atoms with Crippen molar-refractivity contribution in [2.75, 3.05) is 30.4 Å². The number of carbonyl (C=O) groups is 1. The van der Waals surface area contributed by atoms with Crippen molar-refractivity contribution >= 4 is 17.3 Å². The van der Waals surface area contributed by atoms with Gasteiger partial charge in [0, 0.05) is 43.8 Å². The topological polar surface area (TPSA) is 76.5 Å². The van der Waals surface area contributed by atoms with Crippen LogP contribution in [-0.4, -0.2) is 42.0 Å². The summed E-state index contributed by atoms with van der Waals surface area (Å²) >= 11 is 0. The summed E-state index contributed by atoms with van der Waals surface area (Å²) in [5, 5.41) is 6.66. The molecule has 1 saturated heterocycles. The fourth-order valence-electron chi connectivity index (χ4n) is 2.96. The number of piperidine rings is 1. The highest BCUT2D eigenvalue weighted by molar-refractivity contribution is 5.90. The van der Waals surface area contributed by atoms with Gasteiger partial charge in [0.2, 0.25) is 5.91 Å². The normalized spacial score (nSPS) is 17.3. The van der Waals surface area contributed by atoms with Crippen LogP contribution in [0, 0.1) is 0 Å². The van der Waals surface area contributed by atoms with Gasteiger partial charge in [-0.15, -0.1) is 0 Å². The van der Waals surface area contributed by atoms with Crippen molar-refractivity contribution < 1.29 is 9.53 Å². The maximum Gasteiger partial charge on any atom is 0.267 e. The molecule has 132 valence electrons. The van der Waals surface area contributed by atoms with Gasteiger partial charge in [-0.25, -0.2) is 4.68 Å². The van der Waals surface area contributed by atoms with Gasteiger partial charge in [-0.05, 0) is 43.2 Å². The van der Waals surface area contributed by atoms with E-state index in [0.29, 0.717) is 5.69 Å². The molecule has 25 heavy (non-hydrogen) atoms. The van der Waals surface area contributed by atoms with Gasteiger partial charge in [0.15, 0.2) is 0 Å². The molecule has 2 heterocycles.